The van der Waals surface area contributed by atoms with Gasteiger partial charge in [-0.2, -0.15) is 0 Å². The van der Waals surface area contributed by atoms with Gasteiger partial charge in [-0.25, -0.2) is 0 Å². The van der Waals surface area contributed by atoms with E-state index >= 15 is 0 Å². The molecular formula is C21H25BrN2O2. The van der Waals surface area contributed by atoms with Gasteiger partial charge in [0.1, 0.15) is 5.75 Å². The fraction of sp³-hybridized carbons (Fsp3) is 0.381. The van der Waals surface area contributed by atoms with Crippen LogP contribution in [0.3, 0.4) is 0 Å². The Balaban J connectivity index is 1.83. The maximum absolute atomic E-state index is 13.1. The van der Waals surface area contributed by atoms with Crippen molar-refractivity contribution in [2.24, 2.45) is 11.7 Å². The van der Waals surface area contributed by atoms with Crippen LogP contribution in [0.25, 0.3) is 0 Å². The molecule has 2 atom stereocenters. The summed E-state index contributed by atoms with van der Waals surface area (Å²) in [4.78, 5) is 15.0. The summed E-state index contributed by atoms with van der Waals surface area (Å²) in [6.45, 7) is 4.90. The summed E-state index contributed by atoms with van der Waals surface area (Å²) < 4.78 is 6.21. The number of rotatable bonds is 4. The molecule has 0 saturated carbocycles. The predicted octanol–water partition coefficient (Wildman–Crippen LogP) is 3.86. The lowest BCUT2D eigenvalue weighted by molar-refractivity contribution is -0.120. The molecule has 3 rings (SSSR count). The van der Waals surface area contributed by atoms with Gasteiger partial charge >= 0.3 is 0 Å². The van der Waals surface area contributed by atoms with Gasteiger partial charge < -0.3 is 15.4 Å². The molecule has 5 heteroatoms. The third kappa shape index (κ3) is 3.79. The first kappa shape index (κ1) is 18.9. The first-order valence-electron chi connectivity index (χ1n) is 8.88. The second-order valence-electron chi connectivity index (χ2n) is 7.10. The quantitative estimate of drug-likeness (QED) is 0.822. The molecule has 26 heavy (non-hydrogen) atoms. The molecular weight excluding hydrogens is 392 g/mol. The third-order valence-corrected chi connectivity index (χ3v) is 5.69. The van der Waals surface area contributed by atoms with E-state index in [1.54, 1.807) is 7.11 Å². The molecule has 0 fully saturated rings. The lowest BCUT2D eigenvalue weighted by atomic mass is 9.92. The van der Waals surface area contributed by atoms with Gasteiger partial charge in [-0.15, -0.1) is 0 Å². The lowest BCUT2D eigenvalue weighted by Crippen LogP contribution is -2.48. The van der Waals surface area contributed by atoms with E-state index in [0.717, 1.165) is 33.5 Å². The molecule has 2 unspecified atom stereocenters. The Bertz CT molecular complexity index is 798. The van der Waals surface area contributed by atoms with E-state index in [-0.39, 0.29) is 5.91 Å². The van der Waals surface area contributed by atoms with Crippen molar-refractivity contribution < 1.29 is 9.53 Å². The number of methoxy groups -OCH3 is 1. The lowest BCUT2D eigenvalue weighted by Gasteiger charge is -2.34. The largest absolute Gasteiger partial charge is 0.497 e. The van der Waals surface area contributed by atoms with E-state index in [2.05, 4.69) is 28.9 Å². The van der Waals surface area contributed by atoms with Crippen LogP contribution in [0, 0.1) is 12.8 Å². The fourth-order valence-corrected chi connectivity index (χ4v) is 4.33. The number of anilines is 1. The number of amides is 1. The SMILES string of the molecule is COc1cc(C)c(CC(N)C(=O)N2CC(C)Cc3ccccc32)c(Br)c1. The molecule has 0 aromatic heterocycles. The predicted molar refractivity (Wildman–Crippen MR) is 109 cm³/mol. The van der Waals surface area contributed by atoms with Crippen LogP contribution in [0.5, 0.6) is 5.75 Å². The third-order valence-electron chi connectivity index (χ3n) is 4.98. The monoisotopic (exact) mass is 416 g/mol. The molecule has 2 aromatic carbocycles. The zero-order valence-electron chi connectivity index (χ0n) is 15.5. The van der Waals surface area contributed by atoms with Gasteiger partial charge in [-0.3, -0.25) is 4.79 Å². The summed E-state index contributed by atoms with van der Waals surface area (Å²) in [6.07, 6.45) is 1.49. The highest BCUT2D eigenvalue weighted by atomic mass is 79.9. The van der Waals surface area contributed by atoms with Crippen LogP contribution < -0.4 is 15.4 Å². The molecule has 0 radical (unpaired) electrons. The number of para-hydroxylation sites is 1. The van der Waals surface area contributed by atoms with Crippen molar-refractivity contribution in [3.63, 3.8) is 0 Å². The van der Waals surface area contributed by atoms with Gasteiger partial charge in [0.05, 0.1) is 13.2 Å². The molecule has 0 spiro atoms. The Morgan fingerprint density at radius 1 is 1.38 bits per heavy atom. The van der Waals surface area contributed by atoms with Gasteiger partial charge in [-0.1, -0.05) is 41.1 Å². The molecule has 4 nitrogen and oxygen atoms in total. The molecule has 2 aromatic rings. The molecule has 1 heterocycles. The minimum absolute atomic E-state index is 0.0221. The van der Waals surface area contributed by atoms with E-state index in [0.29, 0.717) is 18.9 Å². The number of hydrogen-bond donors (Lipinski definition) is 1. The molecule has 0 saturated heterocycles. The van der Waals surface area contributed by atoms with Gasteiger partial charge in [0.2, 0.25) is 5.91 Å². The molecule has 1 amide bonds. The number of halogens is 1. The molecule has 1 aliphatic heterocycles. The summed E-state index contributed by atoms with van der Waals surface area (Å²) in [6, 6.07) is 11.4. The average molecular weight is 417 g/mol. The van der Waals surface area contributed by atoms with Gasteiger partial charge in [-0.05, 0) is 60.6 Å². The fourth-order valence-electron chi connectivity index (χ4n) is 3.63. The van der Waals surface area contributed by atoms with Gasteiger partial charge in [0.25, 0.3) is 0 Å². The first-order valence-corrected chi connectivity index (χ1v) is 9.68. The van der Waals surface area contributed by atoms with Crippen LogP contribution >= 0.6 is 15.9 Å². The van der Waals surface area contributed by atoms with E-state index < -0.39 is 6.04 Å². The number of nitrogens with zero attached hydrogens (tertiary/aromatic N) is 1. The summed E-state index contributed by atoms with van der Waals surface area (Å²) in [7, 11) is 1.64. The number of aryl methyl sites for hydroxylation is 1. The summed E-state index contributed by atoms with van der Waals surface area (Å²) >= 11 is 3.59. The van der Waals surface area contributed by atoms with Gasteiger partial charge in [0, 0.05) is 16.7 Å². The Hall–Kier alpha value is -1.85. The summed E-state index contributed by atoms with van der Waals surface area (Å²) in [5.41, 5.74) is 10.7. The van der Waals surface area contributed by atoms with Gasteiger partial charge in [0.15, 0.2) is 0 Å². The van der Waals surface area contributed by atoms with E-state index in [4.69, 9.17) is 10.5 Å². The highest BCUT2D eigenvalue weighted by Gasteiger charge is 2.29. The normalized spacial score (nSPS) is 17.6. The van der Waals surface area contributed by atoms with Crippen LogP contribution in [0.15, 0.2) is 40.9 Å². The molecule has 0 bridgehead atoms. The Morgan fingerprint density at radius 3 is 2.81 bits per heavy atom. The highest BCUT2D eigenvalue weighted by molar-refractivity contribution is 9.10. The average Bonchev–Trinajstić information content (AvgIpc) is 2.62. The number of nitrogens with two attached hydrogens (primary N) is 1. The molecule has 138 valence electrons. The van der Waals surface area contributed by atoms with Crippen LogP contribution in [-0.2, 0) is 17.6 Å². The van der Waals surface area contributed by atoms with E-state index in [1.807, 2.05) is 42.2 Å². The van der Waals surface area contributed by atoms with Crippen molar-refractivity contribution in [1.29, 1.82) is 0 Å². The van der Waals surface area contributed by atoms with Crippen molar-refractivity contribution in [2.75, 3.05) is 18.6 Å². The second-order valence-corrected chi connectivity index (χ2v) is 7.96. The highest BCUT2D eigenvalue weighted by Crippen LogP contribution is 2.31. The molecule has 1 aliphatic rings. The number of fused-ring (bicyclic) bond motifs is 1. The maximum Gasteiger partial charge on any atom is 0.244 e. The van der Waals surface area contributed by atoms with Crippen LogP contribution in [0.1, 0.15) is 23.6 Å². The van der Waals surface area contributed by atoms with Crippen molar-refractivity contribution in [3.05, 3.63) is 57.6 Å². The zero-order chi connectivity index (χ0) is 18.8. The summed E-state index contributed by atoms with van der Waals surface area (Å²) in [5.74, 6) is 1.19. The molecule has 2 N–H and O–H groups in total. The number of carbonyl (C=O) groups is 1. The van der Waals surface area contributed by atoms with Crippen molar-refractivity contribution in [1.82, 2.24) is 0 Å². The van der Waals surface area contributed by atoms with Crippen molar-refractivity contribution in [2.45, 2.75) is 32.7 Å². The standard InChI is InChI=1S/C21H25BrN2O2/c1-13-8-15-6-4-5-7-20(15)24(12-13)21(25)19(23)11-17-14(2)9-16(26-3)10-18(17)22/h4-7,9-10,13,19H,8,11-12,23H2,1-3H3. The van der Waals surface area contributed by atoms with Crippen LogP contribution in [0.2, 0.25) is 0 Å². The smallest absolute Gasteiger partial charge is 0.244 e. The topological polar surface area (TPSA) is 55.6 Å². The zero-order valence-corrected chi connectivity index (χ0v) is 17.0. The maximum atomic E-state index is 13.1. The number of benzene rings is 2. The second kappa shape index (κ2) is 7.80. The minimum Gasteiger partial charge on any atom is -0.497 e. The molecule has 0 aliphatic carbocycles. The van der Waals surface area contributed by atoms with Crippen LogP contribution in [0.4, 0.5) is 5.69 Å². The van der Waals surface area contributed by atoms with Crippen molar-refractivity contribution in [3.8, 4) is 5.75 Å². The minimum atomic E-state index is -0.586. The van der Waals surface area contributed by atoms with Crippen LogP contribution in [-0.4, -0.2) is 25.6 Å². The Morgan fingerprint density at radius 2 is 2.12 bits per heavy atom. The van der Waals surface area contributed by atoms with Crippen molar-refractivity contribution >= 4 is 27.5 Å². The van der Waals surface area contributed by atoms with E-state index in [9.17, 15) is 4.79 Å². The first-order chi connectivity index (χ1) is 12.4. The number of ether oxygens (including phenoxy) is 1. The van der Waals surface area contributed by atoms with E-state index in [1.165, 1.54) is 5.56 Å². The Kier molecular flexibility index (Phi) is 5.68. The number of carbonyl (C=O) groups excluding carboxylic acids is 1. The number of hydrogen-bond acceptors (Lipinski definition) is 3. The Labute approximate surface area is 163 Å². The summed E-state index contributed by atoms with van der Waals surface area (Å²) in [5, 5.41) is 0.